The van der Waals surface area contributed by atoms with Gasteiger partial charge >= 0.3 is 5.97 Å². The molecular formula is C18H28O5. The van der Waals surface area contributed by atoms with Gasteiger partial charge in [-0.05, 0) is 19.4 Å². The molecule has 0 unspecified atom stereocenters. The van der Waals surface area contributed by atoms with Crippen LogP contribution in [0.15, 0.2) is 30.3 Å². The summed E-state index contributed by atoms with van der Waals surface area (Å²) in [5, 5.41) is 0. The molecule has 0 spiro atoms. The minimum absolute atomic E-state index is 0.0584. The lowest BCUT2D eigenvalue weighted by Gasteiger charge is -2.33. The van der Waals surface area contributed by atoms with Crippen molar-refractivity contribution in [3.63, 3.8) is 0 Å². The number of rotatable bonds is 10. The summed E-state index contributed by atoms with van der Waals surface area (Å²) in [7, 11) is 3.22. The van der Waals surface area contributed by atoms with Crippen LogP contribution in [0.4, 0.5) is 0 Å². The summed E-state index contributed by atoms with van der Waals surface area (Å²) in [5.74, 6) is -0.748. The third kappa shape index (κ3) is 5.61. The predicted octanol–water partition coefficient (Wildman–Crippen LogP) is 3.20. The van der Waals surface area contributed by atoms with E-state index in [0.29, 0.717) is 6.61 Å². The molecule has 0 amide bonds. The Morgan fingerprint density at radius 1 is 1.13 bits per heavy atom. The molecule has 0 N–H and O–H groups in total. The zero-order chi connectivity index (χ0) is 17.2. The van der Waals surface area contributed by atoms with Crippen LogP contribution >= 0.6 is 0 Å². The number of esters is 1. The number of hydrogen-bond donors (Lipinski definition) is 0. The van der Waals surface area contributed by atoms with Gasteiger partial charge in [0.1, 0.15) is 6.79 Å². The van der Waals surface area contributed by atoms with Crippen LogP contribution in [0.3, 0.4) is 0 Å². The maximum absolute atomic E-state index is 12.1. The fourth-order valence-corrected chi connectivity index (χ4v) is 2.78. The number of hydrogen-bond acceptors (Lipinski definition) is 5. The molecule has 0 fully saturated rings. The monoisotopic (exact) mass is 324 g/mol. The molecule has 5 heteroatoms. The Bertz CT molecular complexity index is 448. The molecule has 0 aliphatic rings. The van der Waals surface area contributed by atoms with Gasteiger partial charge in [0.25, 0.3) is 0 Å². The van der Waals surface area contributed by atoms with Crippen molar-refractivity contribution in [3.05, 3.63) is 35.9 Å². The zero-order valence-electron chi connectivity index (χ0n) is 14.7. The number of carbonyl (C=O) groups is 1. The van der Waals surface area contributed by atoms with E-state index in [1.54, 1.807) is 21.1 Å². The lowest BCUT2D eigenvalue weighted by atomic mass is 9.86. The van der Waals surface area contributed by atoms with Gasteiger partial charge in [-0.15, -0.1) is 0 Å². The summed E-state index contributed by atoms with van der Waals surface area (Å²) in [6.07, 6.45) is -0.561. The summed E-state index contributed by atoms with van der Waals surface area (Å²) < 4.78 is 21.6. The number of benzene rings is 1. The van der Waals surface area contributed by atoms with E-state index in [1.165, 1.54) is 0 Å². The first-order valence-electron chi connectivity index (χ1n) is 7.91. The Kier molecular flexibility index (Phi) is 8.84. The van der Waals surface area contributed by atoms with Crippen molar-refractivity contribution in [2.24, 2.45) is 11.8 Å². The van der Waals surface area contributed by atoms with Gasteiger partial charge in [-0.1, -0.05) is 37.3 Å². The third-order valence-corrected chi connectivity index (χ3v) is 3.91. The van der Waals surface area contributed by atoms with Gasteiger partial charge in [0.2, 0.25) is 0 Å². The molecule has 0 aliphatic heterocycles. The highest BCUT2D eigenvalue weighted by Gasteiger charge is 2.35. The van der Waals surface area contributed by atoms with Crippen molar-refractivity contribution in [1.82, 2.24) is 0 Å². The molecule has 0 saturated carbocycles. The summed E-state index contributed by atoms with van der Waals surface area (Å²) in [4.78, 5) is 12.1. The second-order valence-corrected chi connectivity index (χ2v) is 5.50. The van der Waals surface area contributed by atoms with Crippen LogP contribution in [0, 0.1) is 11.8 Å². The molecule has 130 valence electrons. The lowest BCUT2D eigenvalue weighted by molar-refractivity contribution is -0.166. The van der Waals surface area contributed by atoms with Crippen LogP contribution in [0.25, 0.3) is 0 Å². The highest BCUT2D eigenvalue weighted by molar-refractivity contribution is 5.72. The Balaban J connectivity index is 2.96. The molecule has 0 saturated heterocycles. The van der Waals surface area contributed by atoms with Crippen LogP contribution in [-0.4, -0.2) is 39.7 Å². The van der Waals surface area contributed by atoms with E-state index in [-0.39, 0.29) is 30.9 Å². The first-order valence-corrected chi connectivity index (χ1v) is 7.91. The molecule has 0 bridgehead atoms. The van der Waals surface area contributed by atoms with E-state index < -0.39 is 5.92 Å². The first kappa shape index (κ1) is 19.6. The van der Waals surface area contributed by atoms with Crippen LogP contribution < -0.4 is 0 Å². The van der Waals surface area contributed by atoms with Gasteiger partial charge in [-0.25, -0.2) is 0 Å². The minimum Gasteiger partial charge on any atom is -0.466 e. The quantitative estimate of drug-likeness (QED) is 0.489. The second kappa shape index (κ2) is 10.4. The zero-order valence-corrected chi connectivity index (χ0v) is 14.7. The Hall–Kier alpha value is -1.43. The Labute approximate surface area is 138 Å². The van der Waals surface area contributed by atoms with Gasteiger partial charge in [0, 0.05) is 20.1 Å². The molecule has 0 aromatic heterocycles. The van der Waals surface area contributed by atoms with E-state index >= 15 is 0 Å². The smallest absolute Gasteiger partial charge is 0.311 e. The largest absolute Gasteiger partial charge is 0.466 e. The highest BCUT2D eigenvalue weighted by atomic mass is 16.7. The molecule has 1 aromatic rings. The van der Waals surface area contributed by atoms with Crippen molar-refractivity contribution in [3.8, 4) is 0 Å². The van der Waals surface area contributed by atoms with E-state index in [2.05, 4.69) is 0 Å². The molecule has 0 aliphatic carbocycles. The highest BCUT2D eigenvalue weighted by Crippen LogP contribution is 2.32. The standard InChI is InChI=1S/C18H28O5/c1-6-22-18(19)14(3)16(23-12-20-4)13(2)17(21-5)15-10-8-7-9-11-15/h7-11,13-14,16-17H,6,12H2,1-5H3/t13-,14-,16-,17-/m0/s1. The van der Waals surface area contributed by atoms with E-state index in [1.807, 2.05) is 44.2 Å². The Morgan fingerprint density at radius 3 is 2.30 bits per heavy atom. The van der Waals surface area contributed by atoms with Gasteiger partial charge in [0.05, 0.1) is 24.7 Å². The SMILES string of the molecule is CCOC(=O)[C@@H](C)[C@@H](OCOC)[C@H](C)[C@H](OC)c1ccccc1. The van der Waals surface area contributed by atoms with Crippen molar-refractivity contribution >= 4 is 5.97 Å². The predicted molar refractivity (Wildman–Crippen MR) is 87.9 cm³/mol. The minimum atomic E-state index is -0.415. The maximum atomic E-state index is 12.1. The van der Waals surface area contributed by atoms with E-state index in [0.717, 1.165) is 5.56 Å². The van der Waals surface area contributed by atoms with E-state index in [4.69, 9.17) is 18.9 Å². The summed E-state index contributed by atoms with van der Waals surface area (Å²) in [5.41, 5.74) is 1.05. The topological polar surface area (TPSA) is 54.0 Å². The molecule has 1 aromatic carbocycles. The van der Waals surface area contributed by atoms with Crippen molar-refractivity contribution in [2.45, 2.75) is 33.0 Å². The fourth-order valence-electron chi connectivity index (χ4n) is 2.78. The van der Waals surface area contributed by atoms with Crippen molar-refractivity contribution in [1.29, 1.82) is 0 Å². The maximum Gasteiger partial charge on any atom is 0.311 e. The normalized spacial score (nSPS) is 16.4. The van der Waals surface area contributed by atoms with Gasteiger partial charge in [-0.2, -0.15) is 0 Å². The van der Waals surface area contributed by atoms with Gasteiger partial charge < -0.3 is 18.9 Å². The van der Waals surface area contributed by atoms with Crippen LogP contribution in [0.5, 0.6) is 0 Å². The molecule has 1 rings (SSSR count). The van der Waals surface area contributed by atoms with Crippen LogP contribution in [0.2, 0.25) is 0 Å². The van der Waals surface area contributed by atoms with Gasteiger partial charge in [-0.3, -0.25) is 4.79 Å². The second-order valence-electron chi connectivity index (χ2n) is 5.50. The molecule has 23 heavy (non-hydrogen) atoms. The average Bonchev–Trinajstić information content (AvgIpc) is 2.57. The first-order chi connectivity index (χ1) is 11.1. The Morgan fingerprint density at radius 2 is 1.78 bits per heavy atom. The molecule has 4 atom stereocenters. The third-order valence-electron chi connectivity index (χ3n) is 3.91. The number of methoxy groups -OCH3 is 2. The summed E-state index contributed by atoms with van der Waals surface area (Å²) in [6, 6.07) is 9.91. The fraction of sp³-hybridized carbons (Fsp3) is 0.611. The molecule has 0 heterocycles. The molecule has 5 nitrogen and oxygen atoms in total. The van der Waals surface area contributed by atoms with E-state index in [9.17, 15) is 4.79 Å². The average molecular weight is 324 g/mol. The van der Waals surface area contributed by atoms with Crippen molar-refractivity contribution < 1.29 is 23.7 Å². The van der Waals surface area contributed by atoms with Gasteiger partial charge in [0.15, 0.2) is 0 Å². The lowest BCUT2D eigenvalue weighted by Crippen LogP contribution is -2.38. The summed E-state index contributed by atoms with van der Waals surface area (Å²) in [6.45, 7) is 6.08. The number of ether oxygens (including phenoxy) is 4. The van der Waals surface area contributed by atoms with Crippen LogP contribution in [0.1, 0.15) is 32.4 Å². The van der Waals surface area contributed by atoms with Crippen LogP contribution in [-0.2, 0) is 23.7 Å². The number of carbonyl (C=O) groups excluding carboxylic acids is 1. The summed E-state index contributed by atoms with van der Waals surface area (Å²) >= 11 is 0. The van der Waals surface area contributed by atoms with Crippen molar-refractivity contribution in [2.75, 3.05) is 27.6 Å². The molecule has 0 radical (unpaired) electrons. The molecular weight excluding hydrogens is 296 g/mol.